The zero-order chi connectivity index (χ0) is 15.0. The number of aliphatic hydroxyl groups excluding tert-OH is 1. The molecule has 2 saturated carbocycles. The average Bonchev–Trinajstić information content (AvgIpc) is 2.63. The number of fused-ring (bicyclic) bond motifs is 1. The van der Waals surface area contributed by atoms with Gasteiger partial charge < -0.3 is 5.11 Å². The lowest BCUT2D eigenvalue weighted by molar-refractivity contribution is -0.140. The highest BCUT2D eigenvalue weighted by Gasteiger charge is 2.59. The third-order valence-corrected chi connectivity index (χ3v) is 6.72. The van der Waals surface area contributed by atoms with E-state index in [-0.39, 0.29) is 16.9 Å². The van der Waals surface area contributed by atoms with Crippen LogP contribution >= 0.6 is 0 Å². The SMILES string of the molecule is CC(O)CCCC(C)C1CC[C@@]2(C)C(=O)CCCC12C. The summed E-state index contributed by atoms with van der Waals surface area (Å²) >= 11 is 0. The molecule has 2 heteroatoms. The molecular formula is C18H32O2. The van der Waals surface area contributed by atoms with E-state index < -0.39 is 0 Å². The van der Waals surface area contributed by atoms with E-state index in [1.54, 1.807) is 0 Å². The number of hydrogen-bond donors (Lipinski definition) is 1. The quantitative estimate of drug-likeness (QED) is 0.813. The Morgan fingerprint density at radius 2 is 1.95 bits per heavy atom. The van der Waals surface area contributed by atoms with Crippen LogP contribution in [0, 0.1) is 22.7 Å². The topological polar surface area (TPSA) is 37.3 Å². The Kier molecular flexibility index (Phi) is 4.63. The van der Waals surface area contributed by atoms with E-state index in [1.165, 1.54) is 19.3 Å². The Labute approximate surface area is 124 Å². The van der Waals surface area contributed by atoms with Gasteiger partial charge in [0.25, 0.3) is 0 Å². The standard InChI is InChI=1S/C18H32O2/c1-13(7-5-8-14(2)19)15-10-12-18(4)16(20)9-6-11-17(15,18)3/h13-15,19H,5-12H2,1-4H3/t13?,14?,15?,17?,18-/m0/s1. The molecule has 0 aromatic heterocycles. The number of carbonyl (C=O) groups excluding carboxylic acids is 1. The van der Waals surface area contributed by atoms with Crippen molar-refractivity contribution in [1.29, 1.82) is 0 Å². The van der Waals surface area contributed by atoms with Gasteiger partial charge in [-0.1, -0.05) is 33.6 Å². The van der Waals surface area contributed by atoms with Gasteiger partial charge in [0.1, 0.15) is 5.78 Å². The predicted octanol–water partition coefficient (Wildman–Crippen LogP) is 4.35. The number of carbonyl (C=O) groups is 1. The maximum atomic E-state index is 12.4. The van der Waals surface area contributed by atoms with Gasteiger partial charge >= 0.3 is 0 Å². The summed E-state index contributed by atoms with van der Waals surface area (Å²) in [5.41, 5.74) is 0.154. The summed E-state index contributed by atoms with van der Waals surface area (Å²) in [5.74, 6) is 1.88. The van der Waals surface area contributed by atoms with Crippen LogP contribution in [0.3, 0.4) is 0 Å². The third-order valence-electron chi connectivity index (χ3n) is 6.72. The molecule has 2 fully saturated rings. The van der Waals surface area contributed by atoms with Crippen molar-refractivity contribution in [1.82, 2.24) is 0 Å². The third kappa shape index (κ3) is 2.56. The Balaban J connectivity index is 2.04. The molecule has 0 saturated heterocycles. The van der Waals surface area contributed by atoms with E-state index in [9.17, 15) is 9.90 Å². The minimum absolute atomic E-state index is 0.0611. The highest BCUT2D eigenvalue weighted by molar-refractivity contribution is 5.86. The molecule has 2 aliphatic carbocycles. The highest BCUT2D eigenvalue weighted by Crippen LogP contribution is 2.63. The first-order valence-electron chi connectivity index (χ1n) is 8.52. The smallest absolute Gasteiger partial charge is 0.139 e. The fourth-order valence-electron chi connectivity index (χ4n) is 5.12. The highest BCUT2D eigenvalue weighted by atomic mass is 16.3. The molecule has 116 valence electrons. The molecule has 2 nitrogen and oxygen atoms in total. The second-order valence-electron chi connectivity index (χ2n) is 7.93. The number of aliphatic hydroxyl groups is 1. The van der Waals surface area contributed by atoms with Crippen LogP contribution in [0.15, 0.2) is 0 Å². The first-order valence-corrected chi connectivity index (χ1v) is 8.52. The molecule has 0 aromatic rings. The Morgan fingerprint density at radius 3 is 2.60 bits per heavy atom. The van der Waals surface area contributed by atoms with Gasteiger partial charge in [-0.3, -0.25) is 4.79 Å². The minimum Gasteiger partial charge on any atom is -0.393 e. The molecular weight excluding hydrogens is 248 g/mol. The van der Waals surface area contributed by atoms with Crippen molar-refractivity contribution in [3.8, 4) is 0 Å². The van der Waals surface area contributed by atoms with Crippen molar-refractivity contribution in [3.63, 3.8) is 0 Å². The lowest BCUT2D eigenvalue weighted by Gasteiger charge is -2.48. The van der Waals surface area contributed by atoms with Crippen molar-refractivity contribution < 1.29 is 9.90 Å². The molecule has 2 aliphatic rings. The first kappa shape index (κ1) is 16.0. The lowest BCUT2D eigenvalue weighted by Crippen LogP contribution is -2.47. The monoisotopic (exact) mass is 280 g/mol. The summed E-state index contributed by atoms with van der Waals surface area (Å²) in [6.45, 7) is 8.85. The van der Waals surface area contributed by atoms with E-state index >= 15 is 0 Å². The Hall–Kier alpha value is -0.370. The summed E-state index contributed by atoms with van der Waals surface area (Å²) in [7, 11) is 0. The number of hydrogen-bond acceptors (Lipinski definition) is 2. The Morgan fingerprint density at radius 1 is 1.25 bits per heavy atom. The van der Waals surface area contributed by atoms with Crippen LogP contribution < -0.4 is 0 Å². The second-order valence-corrected chi connectivity index (χ2v) is 7.93. The van der Waals surface area contributed by atoms with Gasteiger partial charge in [0.15, 0.2) is 0 Å². The van der Waals surface area contributed by atoms with Gasteiger partial charge in [-0.05, 0) is 56.3 Å². The van der Waals surface area contributed by atoms with E-state index in [2.05, 4.69) is 20.8 Å². The maximum absolute atomic E-state index is 12.4. The molecule has 0 spiro atoms. The zero-order valence-electron chi connectivity index (χ0n) is 13.7. The zero-order valence-corrected chi connectivity index (χ0v) is 13.7. The van der Waals surface area contributed by atoms with E-state index in [4.69, 9.17) is 0 Å². The van der Waals surface area contributed by atoms with Crippen LogP contribution in [-0.4, -0.2) is 17.0 Å². The van der Waals surface area contributed by atoms with E-state index in [1.807, 2.05) is 6.92 Å². The maximum Gasteiger partial charge on any atom is 0.139 e. The summed E-state index contributed by atoms with van der Waals surface area (Å²) in [5, 5.41) is 9.40. The van der Waals surface area contributed by atoms with Crippen molar-refractivity contribution in [2.45, 2.75) is 85.2 Å². The molecule has 0 bridgehead atoms. The van der Waals surface area contributed by atoms with Gasteiger partial charge in [-0.2, -0.15) is 0 Å². The van der Waals surface area contributed by atoms with Crippen molar-refractivity contribution in [3.05, 3.63) is 0 Å². The summed E-state index contributed by atoms with van der Waals surface area (Å²) in [4.78, 5) is 12.4. The molecule has 5 atom stereocenters. The molecule has 0 heterocycles. The largest absolute Gasteiger partial charge is 0.393 e. The van der Waals surface area contributed by atoms with Crippen LogP contribution in [-0.2, 0) is 4.79 Å². The van der Waals surface area contributed by atoms with Gasteiger partial charge in [0, 0.05) is 11.8 Å². The molecule has 1 N–H and O–H groups in total. The van der Waals surface area contributed by atoms with Gasteiger partial charge in [0.2, 0.25) is 0 Å². The molecule has 0 aromatic carbocycles. The number of rotatable bonds is 5. The van der Waals surface area contributed by atoms with Gasteiger partial charge in [-0.15, -0.1) is 0 Å². The Bertz CT molecular complexity index is 362. The average molecular weight is 280 g/mol. The first-order chi connectivity index (χ1) is 9.31. The number of ketones is 1. The molecule has 20 heavy (non-hydrogen) atoms. The van der Waals surface area contributed by atoms with Crippen LogP contribution in [0.25, 0.3) is 0 Å². The van der Waals surface area contributed by atoms with Crippen molar-refractivity contribution in [2.24, 2.45) is 22.7 Å². The summed E-state index contributed by atoms with van der Waals surface area (Å²) in [6.07, 6.45) is 8.44. The normalized spacial score (nSPS) is 40.5. The van der Waals surface area contributed by atoms with Crippen LogP contribution in [0.2, 0.25) is 0 Å². The van der Waals surface area contributed by atoms with Gasteiger partial charge in [-0.25, -0.2) is 0 Å². The van der Waals surface area contributed by atoms with Crippen LogP contribution in [0.1, 0.15) is 79.1 Å². The van der Waals surface area contributed by atoms with Gasteiger partial charge in [0.05, 0.1) is 6.10 Å². The molecule has 4 unspecified atom stereocenters. The molecule has 0 radical (unpaired) electrons. The van der Waals surface area contributed by atoms with Crippen molar-refractivity contribution in [2.75, 3.05) is 0 Å². The van der Waals surface area contributed by atoms with E-state index in [0.29, 0.717) is 17.6 Å². The molecule has 0 amide bonds. The summed E-state index contributed by atoms with van der Waals surface area (Å²) < 4.78 is 0. The van der Waals surface area contributed by atoms with Crippen LogP contribution in [0.5, 0.6) is 0 Å². The predicted molar refractivity (Wildman–Crippen MR) is 82.5 cm³/mol. The molecule has 2 rings (SSSR count). The lowest BCUT2D eigenvalue weighted by atomic mass is 9.54. The number of Topliss-reactive ketones (excluding diaryl/α,β-unsaturated/α-hetero) is 1. The fourth-order valence-corrected chi connectivity index (χ4v) is 5.12. The summed E-state index contributed by atoms with van der Waals surface area (Å²) in [6, 6.07) is 0. The second kappa shape index (κ2) is 5.79. The van der Waals surface area contributed by atoms with Crippen LogP contribution in [0.4, 0.5) is 0 Å². The van der Waals surface area contributed by atoms with Crippen molar-refractivity contribution >= 4 is 5.78 Å². The molecule has 0 aliphatic heterocycles. The van der Waals surface area contributed by atoms with E-state index in [0.717, 1.165) is 32.1 Å². The minimum atomic E-state index is -0.178. The fraction of sp³-hybridized carbons (Fsp3) is 0.944.